The molecule has 1 aromatic heterocycles. The Morgan fingerprint density at radius 1 is 1.03 bits per heavy atom. The fourth-order valence-electron chi connectivity index (χ4n) is 5.31. The molecule has 1 N–H and O–H groups in total. The van der Waals surface area contributed by atoms with Crippen molar-refractivity contribution in [2.75, 3.05) is 23.3 Å². The Hall–Kier alpha value is -3.14. The molecule has 1 saturated carbocycles. The largest absolute Gasteiger partial charge is 0.370 e. The first-order chi connectivity index (χ1) is 14.3. The van der Waals surface area contributed by atoms with Gasteiger partial charge in [-0.3, -0.25) is 4.79 Å². The number of rotatable bonds is 4. The number of amides is 1. The van der Waals surface area contributed by atoms with Crippen LogP contribution >= 0.6 is 0 Å². The van der Waals surface area contributed by atoms with Crippen LogP contribution in [0.25, 0.3) is 0 Å². The summed E-state index contributed by atoms with van der Waals surface area (Å²) in [6, 6.07) is 20.8. The molecule has 6 rings (SSSR count). The lowest BCUT2D eigenvalue weighted by Crippen LogP contribution is -2.29. The van der Waals surface area contributed by atoms with E-state index in [1.54, 1.807) is 11.8 Å². The maximum absolute atomic E-state index is 12.9. The average Bonchev–Trinajstić information content (AvgIpc) is 3.11. The Bertz CT molecular complexity index is 1090. The van der Waals surface area contributed by atoms with Crippen molar-refractivity contribution in [1.82, 2.24) is 4.98 Å². The molecule has 1 amide bonds. The van der Waals surface area contributed by atoms with Crippen LogP contribution in [-0.4, -0.2) is 24.0 Å². The van der Waals surface area contributed by atoms with Crippen molar-refractivity contribution in [3.8, 4) is 0 Å². The van der Waals surface area contributed by atoms with E-state index in [0.717, 1.165) is 42.9 Å². The predicted molar refractivity (Wildman–Crippen MR) is 114 cm³/mol. The fourth-order valence-corrected chi connectivity index (χ4v) is 5.31. The number of carbonyl (C=O) groups is 1. The van der Waals surface area contributed by atoms with Crippen molar-refractivity contribution in [1.29, 1.82) is 0 Å². The van der Waals surface area contributed by atoms with Gasteiger partial charge in [0.25, 0.3) is 5.91 Å². The average molecular weight is 381 g/mol. The van der Waals surface area contributed by atoms with Gasteiger partial charge < -0.3 is 10.2 Å². The van der Waals surface area contributed by atoms with E-state index in [0.29, 0.717) is 11.5 Å². The third kappa shape index (κ3) is 2.74. The second-order valence-corrected chi connectivity index (χ2v) is 8.40. The molecule has 3 unspecified atom stereocenters. The van der Waals surface area contributed by atoms with E-state index < -0.39 is 0 Å². The molecule has 2 aliphatic carbocycles. The SMILES string of the molecule is O=C(c1ccc(NCC2C3Cc4ccccc4C23)nc1)N1CCc2ccccc21. The van der Waals surface area contributed by atoms with Gasteiger partial charge in [0.1, 0.15) is 5.82 Å². The zero-order chi connectivity index (χ0) is 19.4. The number of anilines is 2. The number of fused-ring (bicyclic) bond motifs is 4. The molecule has 0 radical (unpaired) electrons. The summed E-state index contributed by atoms with van der Waals surface area (Å²) in [5, 5.41) is 3.48. The summed E-state index contributed by atoms with van der Waals surface area (Å²) >= 11 is 0. The molecule has 1 fully saturated rings. The van der Waals surface area contributed by atoms with Crippen LogP contribution in [0.5, 0.6) is 0 Å². The summed E-state index contributed by atoms with van der Waals surface area (Å²) < 4.78 is 0. The Morgan fingerprint density at radius 2 is 1.86 bits per heavy atom. The van der Waals surface area contributed by atoms with Gasteiger partial charge in [0.2, 0.25) is 0 Å². The standard InChI is InChI=1S/C25H23N3O/c29-25(28-12-11-16-5-2-4-8-22(16)28)18-9-10-23(26-14-18)27-15-21-20-13-17-6-1-3-7-19(17)24(20)21/h1-10,14,20-21,24H,11-13,15H2,(H,26,27). The van der Waals surface area contributed by atoms with E-state index >= 15 is 0 Å². The van der Waals surface area contributed by atoms with Crippen LogP contribution in [-0.2, 0) is 12.8 Å². The first-order valence-electron chi connectivity index (χ1n) is 10.5. The minimum absolute atomic E-state index is 0.0299. The van der Waals surface area contributed by atoms with Crippen LogP contribution in [0, 0.1) is 11.8 Å². The summed E-state index contributed by atoms with van der Waals surface area (Å²) in [6.45, 7) is 1.69. The minimum atomic E-state index is 0.0299. The summed E-state index contributed by atoms with van der Waals surface area (Å²) in [4.78, 5) is 19.3. The van der Waals surface area contributed by atoms with Crippen molar-refractivity contribution < 1.29 is 4.79 Å². The van der Waals surface area contributed by atoms with E-state index in [-0.39, 0.29) is 5.91 Å². The quantitative estimate of drug-likeness (QED) is 0.734. The summed E-state index contributed by atoms with van der Waals surface area (Å²) in [5.41, 5.74) is 5.99. The van der Waals surface area contributed by atoms with Crippen molar-refractivity contribution >= 4 is 17.4 Å². The zero-order valence-electron chi connectivity index (χ0n) is 16.2. The Balaban J connectivity index is 1.10. The monoisotopic (exact) mass is 381 g/mol. The summed E-state index contributed by atoms with van der Waals surface area (Å²) in [5.74, 6) is 3.09. The highest BCUT2D eigenvalue weighted by Crippen LogP contribution is 2.61. The highest BCUT2D eigenvalue weighted by Gasteiger charge is 2.54. The molecule has 1 aliphatic heterocycles. The van der Waals surface area contributed by atoms with Crippen LogP contribution in [0.15, 0.2) is 66.9 Å². The van der Waals surface area contributed by atoms with Crippen LogP contribution in [0.1, 0.15) is 33.0 Å². The van der Waals surface area contributed by atoms with Crippen LogP contribution in [0.4, 0.5) is 11.5 Å². The van der Waals surface area contributed by atoms with Gasteiger partial charge in [-0.2, -0.15) is 0 Å². The van der Waals surface area contributed by atoms with Crippen molar-refractivity contribution in [3.05, 3.63) is 89.1 Å². The van der Waals surface area contributed by atoms with Crippen LogP contribution in [0.2, 0.25) is 0 Å². The third-order valence-electron chi connectivity index (χ3n) is 6.86. The van der Waals surface area contributed by atoms with Gasteiger partial charge in [-0.15, -0.1) is 0 Å². The number of carbonyl (C=O) groups excluding carboxylic acids is 1. The number of pyridine rings is 1. The highest BCUT2D eigenvalue weighted by molar-refractivity contribution is 6.07. The number of nitrogens with one attached hydrogen (secondary N) is 1. The van der Waals surface area contributed by atoms with Gasteiger partial charge >= 0.3 is 0 Å². The zero-order valence-corrected chi connectivity index (χ0v) is 16.2. The van der Waals surface area contributed by atoms with Crippen molar-refractivity contribution in [2.45, 2.75) is 18.8 Å². The molecule has 0 spiro atoms. The topological polar surface area (TPSA) is 45.2 Å². The molecule has 4 heteroatoms. The smallest absolute Gasteiger partial charge is 0.259 e. The van der Waals surface area contributed by atoms with Crippen molar-refractivity contribution in [2.24, 2.45) is 11.8 Å². The van der Waals surface area contributed by atoms with Gasteiger partial charge in [-0.05, 0) is 65.5 Å². The van der Waals surface area contributed by atoms with E-state index in [1.807, 2.05) is 35.2 Å². The Kier molecular flexibility index (Phi) is 3.73. The Morgan fingerprint density at radius 3 is 2.72 bits per heavy atom. The molecule has 0 bridgehead atoms. The van der Waals surface area contributed by atoms with Crippen LogP contribution < -0.4 is 10.2 Å². The third-order valence-corrected chi connectivity index (χ3v) is 6.86. The van der Waals surface area contributed by atoms with Gasteiger partial charge in [-0.25, -0.2) is 4.98 Å². The number of hydrogen-bond donors (Lipinski definition) is 1. The lowest BCUT2D eigenvalue weighted by Gasteiger charge is -2.17. The normalized spacial score (nSPS) is 23.3. The number of para-hydroxylation sites is 1. The molecular weight excluding hydrogens is 358 g/mol. The maximum Gasteiger partial charge on any atom is 0.259 e. The molecule has 4 nitrogen and oxygen atoms in total. The summed E-state index contributed by atoms with van der Waals surface area (Å²) in [6.07, 6.45) is 3.84. The van der Waals surface area contributed by atoms with E-state index in [2.05, 4.69) is 40.6 Å². The first kappa shape index (κ1) is 16.8. The molecule has 0 saturated heterocycles. The number of hydrogen-bond acceptors (Lipinski definition) is 3. The molecule has 2 heterocycles. The molecule has 3 atom stereocenters. The second-order valence-electron chi connectivity index (χ2n) is 8.40. The Labute approximate surface area is 170 Å². The van der Waals surface area contributed by atoms with Gasteiger partial charge in [-0.1, -0.05) is 42.5 Å². The lowest BCUT2D eigenvalue weighted by atomic mass is 10.0. The summed E-state index contributed by atoms with van der Waals surface area (Å²) in [7, 11) is 0. The van der Waals surface area contributed by atoms with Crippen molar-refractivity contribution in [3.63, 3.8) is 0 Å². The van der Waals surface area contributed by atoms with E-state index in [4.69, 9.17) is 0 Å². The molecule has 3 aromatic rings. The van der Waals surface area contributed by atoms with Gasteiger partial charge in [0, 0.05) is 25.0 Å². The molecule has 3 aliphatic rings. The van der Waals surface area contributed by atoms with Gasteiger partial charge in [0.15, 0.2) is 0 Å². The second kappa shape index (κ2) is 6.45. The highest BCUT2D eigenvalue weighted by atomic mass is 16.2. The maximum atomic E-state index is 12.9. The fraction of sp³-hybridized carbons (Fsp3) is 0.280. The first-order valence-corrected chi connectivity index (χ1v) is 10.5. The lowest BCUT2D eigenvalue weighted by molar-refractivity contribution is 0.0989. The molecule has 29 heavy (non-hydrogen) atoms. The number of aromatic nitrogens is 1. The number of nitrogens with zero attached hydrogens (tertiary/aromatic N) is 2. The number of benzene rings is 2. The van der Waals surface area contributed by atoms with Crippen LogP contribution in [0.3, 0.4) is 0 Å². The molecule has 144 valence electrons. The van der Waals surface area contributed by atoms with Gasteiger partial charge in [0.05, 0.1) is 5.56 Å². The van der Waals surface area contributed by atoms with E-state index in [1.165, 1.54) is 17.5 Å². The molecule has 2 aromatic carbocycles. The van der Waals surface area contributed by atoms with E-state index in [9.17, 15) is 4.79 Å². The predicted octanol–water partition coefficient (Wildman–Crippen LogP) is 4.28. The minimum Gasteiger partial charge on any atom is -0.370 e. The molecular formula is C25H23N3O.